The third kappa shape index (κ3) is 4.32. The number of hydrogen-bond donors (Lipinski definition) is 3. The average Bonchev–Trinajstić information content (AvgIpc) is 3.50. The maximum Gasteiger partial charge on any atom is 0.245 e. The van der Waals surface area contributed by atoms with E-state index in [0.29, 0.717) is 38.8 Å². The Kier molecular flexibility index (Phi) is 8.05. The molecule has 2 unspecified atom stereocenters. The summed E-state index contributed by atoms with van der Waals surface area (Å²) in [6.07, 6.45) is 4.74. The Morgan fingerprint density at radius 1 is 1.08 bits per heavy atom. The molecular formula is C28H41N3O5. The van der Waals surface area contributed by atoms with Crippen LogP contribution in [-0.2, 0) is 25.5 Å². The van der Waals surface area contributed by atoms with Gasteiger partial charge in [-0.15, -0.1) is 0 Å². The lowest BCUT2D eigenvalue weighted by atomic mass is 9.65. The lowest BCUT2D eigenvalue weighted by molar-refractivity contribution is -0.151. The van der Waals surface area contributed by atoms with Crippen molar-refractivity contribution in [2.24, 2.45) is 11.8 Å². The average molecular weight is 500 g/mol. The van der Waals surface area contributed by atoms with Crippen LogP contribution >= 0.6 is 0 Å². The van der Waals surface area contributed by atoms with Crippen LogP contribution in [0, 0.1) is 11.8 Å². The number of carbonyl (C=O) groups excluding carboxylic acids is 3. The first-order chi connectivity index (χ1) is 17.4. The number of aliphatic hydroxyl groups is 1. The molecule has 1 aromatic carbocycles. The molecule has 6 atom stereocenters. The van der Waals surface area contributed by atoms with Crippen molar-refractivity contribution in [3.05, 3.63) is 35.9 Å². The molecule has 3 amide bonds. The Morgan fingerprint density at radius 3 is 2.44 bits per heavy atom. The molecule has 3 N–H and O–H groups in total. The Labute approximate surface area is 214 Å². The molecule has 8 nitrogen and oxygen atoms in total. The third-order valence-electron chi connectivity index (χ3n) is 8.45. The number of fused-ring (bicyclic) bond motifs is 1. The molecule has 2 bridgehead atoms. The summed E-state index contributed by atoms with van der Waals surface area (Å²) in [5.41, 5.74) is -0.848. The second-order valence-electron chi connectivity index (χ2n) is 10.5. The van der Waals surface area contributed by atoms with E-state index in [0.717, 1.165) is 24.8 Å². The number of rotatable bonds is 12. The minimum absolute atomic E-state index is 0.172. The molecule has 3 heterocycles. The van der Waals surface area contributed by atoms with Gasteiger partial charge in [0.15, 0.2) is 0 Å². The standard InChI is InChI=1S/C28H41N3O5/c1-4-7-16-30-25(34)23-28-14-13-27(6-3,36-28)21(24(33)29-15-5-2)22(28)26(35)31(23)20(18-32)17-19-11-9-8-10-12-19/h8-12,20-23,32H,4-7,13-18H2,1-3H3,(H,29,33)(H,30,34)/t20-,21+,22+,23?,27-,28?/m1/s1. The van der Waals surface area contributed by atoms with E-state index in [1.807, 2.05) is 44.2 Å². The predicted octanol–water partition coefficient (Wildman–Crippen LogP) is 2.19. The van der Waals surface area contributed by atoms with Crippen LogP contribution in [0.3, 0.4) is 0 Å². The Balaban J connectivity index is 1.74. The minimum Gasteiger partial charge on any atom is -0.394 e. The number of nitrogens with zero attached hydrogens (tertiary/aromatic N) is 1. The Morgan fingerprint density at radius 2 is 1.81 bits per heavy atom. The van der Waals surface area contributed by atoms with Gasteiger partial charge in [0, 0.05) is 13.1 Å². The van der Waals surface area contributed by atoms with Gasteiger partial charge in [0.1, 0.15) is 11.6 Å². The summed E-state index contributed by atoms with van der Waals surface area (Å²) in [5, 5.41) is 16.5. The van der Waals surface area contributed by atoms with Crippen molar-refractivity contribution < 1.29 is 24.2 Å². The number of unbranched alkanes of at least 4 members (excludes halogenated alkanes) is 1. The minimum atomic E-state index is -1.07. The summed E-state index contributed by atoms with van der Waals surface area (Å²) in [6, 6.07) is 8.18. The molecule has 3 fully saturated rings. The van der Waals surface area contributed by atoms with E-state index < -0.39 is 35.1 Å². The van der Waals surface area contributed by atoms with Crippen molar-refractivity contribution in [3.8, 4) is 0 Å². The molecule has 8 heteroatoms. The fourth-order valence-electron chi connectivity index (χ4n) is 6.73. The van der Waals surface area contributed by atoms with Gasteiger partial charge in [0.25, 0.3) is 0 Å². The number of aliphatic hydroxyl groups excluding tert-OH is 1. The first-order valence-corrected chi connectivity index (χ1v) is 13.6. The van der Waals surface area contributed by atoms with E-state index in [9.17, 15) is 19.5 Å². The van der Waals surface area contributed by atoms with E-state index in [1.54, 1.807) is 4.90 Å². The largest absolute Gasteiger partial charge is 0.394 e. The molecule has 4 rings (SSSR count). The third-order valence-corrected chi connectivity index (χ3v) is 8.45. The number of amides is 3. The normalized spacial score (nSPS) is 31.4. The number of carbonyl (C=O) groups is 3. The topological polar surface area (TPSA) is 108 Å². The zero-order valence-electron chi connectivity index (χ0n) is 21.8. The number of likely N-dealkylation sites (tertiary alicyclic amines) is 1. The fraction of sp³-hybridized carbons (Fsp3) is 0.679. The highest BCUT2D eigenvalue weighted by Gasteiger charge is 2.79. The van der Waals surface area contributed by atoms with Crippen molar-refractivity contribution in [3.63, 3.8) is 0 Å². The van der Waals surface area contributed by atoms with E-state index in [1.165, 1.54) is 0 Å². The SMILES string of the molecule is CCCCNC(=O)C1N([C@@H](CO)Cc2ccccc2)C(=O)[C@@H]2[C@@H](C(=O)NCCC)[C@@]3(CC)CCC12O3. The smallest absolute Gasteiger partial charge is 0.245 e. The molecule has 3 saturated heterocycles. The highest BCUT2D eigenvalue weighted by Crippen LogP contribution is 2.64. The molecule has 1 aromatic rings. The van der Waals surface area contributed by atoms with Crippen LogP contribution in [0.1, 0.15) is 64.9 Å². The molecule has 0 saturated carbocycles. The van der Waals surface area contributed by atoms with Crippen molar-refractivity contribution in [1.29, 1.82) is 0 Å². The summed E-state index contributed by atoms with van der Waals surface area (Å²) in [6.45, 7) is 6.79. The highest BCUT2D eigenvalue weighted by molar-refractivity contribution is 5.99. The first kappa shape index (κ1) is 26.6. The molecule has 0 aromatic heterocycles. The summed E-state index contributed by atoms with van der Waals surface area (Å²) in [4.78, 5) is 43.0. The van der Waals surface area contributed by atoms with Crippen molar-refractivity contribution >= 4 is 17.7 Å². The highest BCUT2D eigenvalue weighted by atomic mass is 16.5. The number of benzene rings is 1. The summed E-state index contributed by atoms with van der Waals surface area (Å²) in [5.74, 6) is -2.08. The molecule has 1 spiro atoms. The molecule has 36 heavy (non-hydrogen) atoms. The lowest BCUT2D eigenvalue weighted by Gasteiger charge is -2.37. The van der Waals surface area contributed by atoms with Crippen molar-refractivity contribution in [1.82, 2.24) is 15.5 Å². The van der Waals surface area contributed by atoms with Crippen LogP contribution in [-0.4, -0.2) is 70.7 Å². The number of nitrogens with one attached hydrogen (secondary N) is 2. The van der Waals surface area contributed by atoms with Crippen molar-refractivity contribution in [2.45, 2.75) is 89.0 Å². The van der Waals surface area contributed by atoms with Crippen LogP contribution in [0.4, 0.5) is 0 Å². The predicted molar refractivity (Wildman–Crippen MR) is 136 cm³/mol. The summed E-state index contributed by atoms with van der Waals surface area (Å²) >= 11 is 0. The number of hydrogen-bond acceptors (Lipinski definition) is 5. The van der Waals surface area contributed by atoms with Gasteiger partial charge in [-0.3, -0.25) is 14.4 Å². The van der Waals surface area contributed by atoms with Crippen LogP contribution in [0.25, 0.3) is 0 Å². The summed E-state index contributed by atoms with van der Waals surface area (Å²) < 4.78 is 6.75. The first-order valence-electron chi connectivity index (χ1n) is 13.6. The van der Waals surface area contributed by atoms with Gasteiger partial charge in [0.2, 0.25) is 17.7 Å². The second-order valence-corrected chi connectivity index (χ2v) is 10.5. The van der Waals surface area contributed by atoms with Gasteiger partial charge < -0.3 is 25.4 Å². The molecule has 198 valence electrons. The second kappa shape index (κ2) is 10.9. The van der Waals surface area contributed by atoms with Crippen molar-refractivity contribution in [2.75, 3.05) is 19.7 Å². The van der Waals surface area contributed by atoms with Gasteiger partial charge in [0.05, 0.1) is 30.1 Å². The Bertz CT molecular complexity index is 956. The lowest BCUT2D eigenvalue weighted by Crippen LogP contribution is -2.58. The van der Waals surface area contributed by atoms with Crippen LogP contribution < -0.4 is 10.6 Å². The van der Waals surface area contributed by atoms with Gasteiger partial charge in [-0.05, 0) is 44.1 Å². The van der Waals surface area contributed by atoms with Gasteiger partial charge >= 0.3 is 0 Å². The van der Waals surface area contributed by atoms with Crippen LogP contribution in [0.2, 0.25) is 0 Å². The fourth-order valence-corrected chi connectivity index (χ4v) is 6.73. The summed E-state index contributed by atoms with van der Waals surface area (Å²) in [7, 11) is 0. The molecule has 3 aliphatic heterocycles. The van der Waals surface area contributed by atoms with E-state index >= 15 is 0 Å². The van der Waals surface area contributed by atoms with Gasteiger partial charge in [-0.1, -0.05) is 57.5 Å². The molecule has 0 radical (unpaired) electrons. The van der Waals surface area contributed by atoms with E-state index in [-0.39, 0.29) is 24.3 Å². The maximum atomic E-state index is 14.2. The van der Waals surface area contributed by atoms with Gasteiger partial charge in [-0.25, -0.2) is 0 Å². The monoisotopic (exact) mass is 499 g/mol. The van der Waals surface area contributed by atoms with E-state index in [2.05, 4.69) is 17.6 Å². The molecule has 0 aliphatic carbocycles. The zero-order valence-corrected chi connectivity index (χ0v) is 21.8. The van der Waals surface area contributed by atoms with Gasteiger partial charge in [-0.2, -0.15) is 0 Å². The number of ether oxygens (including phenoxy) is 1. The molecule has 3 aliphatic rings. The quantitative estimate of drug-likeness (QED) is 0.382. The maximum absolute atomic E-state index is 14.2. The van der Waals surface area contributed by atoms with Crippen LogP contribution in [0.15, 0.2) is 30.3 Å². The zero-order chi connectivity index (χ0) is 25.9. The molecular weight excluding hydrogens is 458 g/mol. The van der Waals surface area contributed by atoms with Crippen LogP contribution in [0.5, 0.6) is 0 Å². The van der Waals surface area contributed by atoms with E-state index in [4.69, 9.17) is 4.74 Å². The Hall–Kier alpha value is -2.45.